The number of nitrogens with zero attached hydrogens (tertiary/aromatic N) is 2. The molecule has 2 heterocycles. The number of nitrogens with one attached hydrogen (secondary N) is 2. The number of hydrogen-bond donors (Lipinski definition) is 2. The quantitative estimate of drug-likeness (QED) is 0.592. The highest BCUT2D eigenvalue weighted by Gasteiger charge is 2.28. The van der Waals surface area contributed by atoms with Crippen LogP contribution in [-0.2, 0) is 6.61 Å². The third kappa shape index (κ3) is 4.03. The largest absolute Gasteiger partial charge is 0.478 e. The summed E-state index contributed by atoms with van der Waals surface area (Å²) in [5, 5.41) is 7.52. The summed E-state index contributed by atoms with van der Waals surface area (Å²) >= 11 is 0. The monoisotopic (exact) mass is 442 g/mol. The van der Waals surface area contributed by atoms with Crippen LogP contribution in [0, 0.1) is 5.82 Å². The Morgan fingerprint density at radius 2 is 1.88 bits per heavy atom. The van der Waals surface area contributed by atoms with Crippen molar-refractivity contribution >= 4 is 16.7 Å². The van der Waals surface area contributed by atoms with Crippen LogP contribution >= 0.6 is 0 Å². The van der Waals surface area contributed by atoms with Crippen LogP contribution in [0.2, 0.25) is 0 Å². The summed E-state index contributed by atoms with van der Waals surface area (Å²) in [6.07, 6.45) is 9.74. The van der Waals surface area contributed by atoms with E-state index in [2.05, 4.69) is 24.5 Å². The molecule has 0 spiro atoms. The molecule has 170 valence electrons. The topological polar surface area (TPSA) is 102 Å². The predicted molar refractivity (Wildman–Crippen MR) is 118 cm³/mol. The van der Waals surface area contributed by atoms with Crippen molar-refractivity contribution in [1.82, 2.24) is 14.7 Å². The normalized spacial score (nSPS) is 17.8. The number of pyridine rings is 1. The molecule has 0 saturated heterocycles. The predicted octanol–water partition coefficient (Wildman–Crippen LogP) is 4.26. The first-order valence-electron chi connectivity index (χ1n) is 11.4. The minimum atomic E-state index is -0.687. The second-order valence-electron chi connectivity index (χ2n) is 8.79. The van der Waals surface area contributed by atoms with E-state index in [1.807, 2.05) is 0 Å². The summed E-state index contributed by atoms with van der Waals surface area (Å²) in [7, 11) is 0. The van der Waals surface area contributed by atoms with E-state index in [4.69, 9.17) is 4.74 Å². The van der Waals surface area contributed by atoms with Gasteiger partial charge in [0.15, 0.2) is 11.6 Å². The molecule has 0 aliphatic heterocycles. The fourth-order valence-electron chi connectivity index (χ4n) is 5.07. The number of aromatic amines is 1. The Morgan fingerprint density at radius 3 is 2.59 bits per heavy atom. The van der Waals surface area contributed by atoms with E-state index < -0.39 is 11.6 Å². The minimum absolute atomic E-state index is 0.129. The van der Waals surface area contributed by atoms with E-state index in [1.54, 1.807) is 6.07 Å². The standard InChI is InChI=1S/C23H27FN4O4/c24-14-10-11-18-17(12-14)20(29)21(31-13-19-26-23(30)32-27-19)22(25-15-6-2-1-3-7-15)28(18)16-8-4-5-9-16/h10-12,15-16,25H,1-9,13H2,(H,26,27,30). The second-order valence-corrected chi connectivity index (χ2v) is 8.79. The Kier molecular flexibility index (Phi) is 5.71. The van der Waals surface area contributed by atoms with Gasteiger partial charge in [0.1, 0.15) is 12.4 Å². The fourth-order valence-corrected chi connectivity index (χ4v) is 5.07. The maximum absolute atomic E-state index is 14.1. The van der Waals surface area contributed by atoms with Crippen molar-refractivity contribution in [3.8, 4) is 5.75 Å². The van der Waals surface area contributed by atoms with E-state index in [9.17, 15) is 14.0 Å². The van der Waals surface area contributed by atoms with Gasteiger partial charge >= 0.3 is 5.76 Å². The molecule has 8 nitrogen and oxygen atoms in total. The molecule has 2 aliphatic rings. The van der Waals surface area contributed by atoms with Crippen LogP contribution in [0.15, 0.2) is 32.3 Å². The zero-order valence-corrected chi connectivity index (χ0v) is 17.9. The van der Waals surface area contributed by atoms with E-state index in [1.165, 1.54) is 18.6 Å². The SMILES string of the molecule is O=c1[nH]c(COc2c(NC3CCCCC3)n(C3CCCC3)c3ccc(F)cc3c2=O)no1. The number of ether oxygens (including phenoxy) is 1. The average molecular weight is 442 g/mol. The molecule has 32 heavy (non-hydrogen) atoms. The van der Waals surface area contributed by atoms with Gasteiger partial charge in [-0.2, -0.15) is 0 Å². The lowest BCUT2D eigenvalue weighted by Crippen LogP contribution is -2.28. The van der Waals surface area contributed by atoms with Gasteiger partial charge in [0, 0.05) is 12.1 Å². The molecule has 2 aromatic heterocycles. The number of hydrogen-bond acceptors (Lipinski definition) is 6. The fraction of sp³-hybridized carbons (Fsp3) is 0.522. The molecule has 0 unspecified atom stereocenters. The van der Waals surface area contributed by atoms with Gasteiger partial charge in [0.05, 0.1) is 10.9 Å². The smallest absolute Gasteiger partial charge is 0.439 e. The first-order valence-corrected chi connectivity index (χ1v) is 11.4. The second kappa shape index (κ2) is 8.80. The Bertz CT molecular complexity index is 1220. The number of rotatable bonds is 6. The maximum Gasteiger partial charge on any atom is 0.439 e. The van der Waals surface area contributed by atoms with Crippen molar-refractivity contribution in [1.29, 1.82) is 0 Å². The molecule has 2 saturated carbocycles. The first kappa shape index (κ1) is 20.8. The van der Waals surface area contributed by atoms with Gasteiger partial charge in [-0.05, 0) is 43.9 Å². The van der Waals surface area contributed by atoms with E-state index in [-0.39, 0.29) is 41.1 Å². The van der Waals surface area contributed by atoms with Crippen molar-refractivity contribution in [3.05, 3.63) is 50.6 Å². The zero-order chi connectivity index (χ0) is 22.1. The highest BCUT2D eigenvalue weighted by atomic mass is 19.1. The Balaban J connectivity index is 1.66. The molecule has 2 aliphatic carbocycles. The van der Waals surface area contributed by atoms with Crippen LogP contribution in [0.4, 0.5) is 10.2 Å². The van der Waals surface area contributed by atoms with Crippen molar-refractivity contribution < 1.29 is 13.7 Å². The summed E-state index contributed by atoms with van der Waals surface area (Å²) in [4.78, 5) is 27.2. The number of fused-ring (bicyclic) bond motifs is 1. The van der Waals surface area contributed by atoms with E-state index in [0.717, 1.165) is 51.4 Å². The van der Waals surface area contributed by atoms with Crippen LogP contribution in [0.3, 0.4) is 0 Å². The summed E-state index contributed by atoms with van der Waals surface area (Å²) < 4.78 is 26.7. The van der Waals surface area contributed by atoms with Crippen LogP contribution < -0.4 is 21.2 Å². The minimum Gasteiger partial charge on any atom is -0.478 e. The van der Waals surface area contributed by atoms with Crippen LogP contribution in [0.1, 0.15) is 69.7 Å². The zero-order valence-electron chi connectivity index (χ0n) is 17.9. The molecular formula is C23H27FN4O4. The molecule has 1 aromatic carbocycles. The van der Waals surface area contributed by atoms with Gasteiger partial charge in [0.2, 0.25) is 11.2 Å². The Labute approximate surface area is 183 Å². The van der Waals surface area contributed by atoms with Gasteiger partial charge in [-0.1, -0.05) is 37.3 Å². The highest BCUT2D eigenvalue weighted by molar-refractivity contribution is 5.84. The van der Waals surface area contributed by atoms with Crippen LogP contribution in [0.25, 0.3) is 10.9 Å². The lowest BCUT2D eigenvalue weighted by atomic mass is 9.95. The van der Waals surface area contributed by atoms with Gasteiger partial charge in [-0.3, -0.25) is 14.3 Å². The lowest BCUT2D eigenvalue weighted by Gasteiger charge is -2.30. The number of anilines is 1. The Hall–Kier alpha value is -3.10. The van der Waals surface area contributed by atoms with Crippen molar-refractivity contribution in [2.75, 3.05) is 5.32 Å². The van der Waals surface area contributed by atoms with Gasteiger partial charge in [-0.25, -0.2) is 9.18 Å². The summed E-state index contributed by atoms with van der Waals surface area (Å²) in [6.45, 7) is -0.133. The van der Waals surface area contributed by atoms with E-state index >= 15 is 0 Å². The average Bonchev–Trinajstić information content (AvgIpc) is 3.47. The third-order valence-corrected chi connectivity index (χ3v) is 6.60. The van der Waals surface area contributed by atoms with E-state index in [0.29, 0.717) is 11.3 Å². The number of aromatic nitrogens is 3. The van der Waals surface area contributed by atoms with Gasteiger partial charge < -0.3 is 14.6 Å². The van der Waals surface area contributed by atoms with Crippen LogP contribution in [-0.4, -0.2) is 20.7 Å². The molecule has 2 N–H and O–H groups in total. The van der Waals surface area contributed by atoms with Crippen molar-refractivity contribution in [3.63, 3.8) is 0 Å². The van der Waals surface area contributed by atoms with Gasteiger partial charge in [0.25, 0.3) is 0 Å². The molecule has 0 amide bonds. The third-order valence-electron chi connectivity index (χ3n) is 6.60. The van der Waals surface area contributed by atoms with Crippen molar-refractivity contribution in [2.24, 2.45) is 0 Å². The maximum atomic E-state index is 14.1. The number of H-pyrrole nitrogens is 1. The number of benzene rings is 1. The highest BCUT2D eigenvalue weighted by Crippen LogP contribution is 2.39. The number of halogens is 1. The summed E-state index contributed by atoms with van der Waals surface area (Å²) in [5.41, 5.74) is 0.335. The molecule has 0 atom stereocenters. The lowest BCUT2D eigenvalue weighted by molar-refractivity contribution is 0.281. The molecule has 2 fully saturated rings. The first-order chi connectivity index (χ1) is 15.6. The Morgan fingerprint density at radius 1 is 1.12 bits per heavy atom. The molecule has 5 rings (SSSR count). The molecule has 0 bridgehead atoms. The van der Waals surface area contributed by atoms with Gasteiger partial charge in [-0.15, -0.1) is 0 Å². The molecule has 3 aromatic rings. The molecule has 9 heteroatoms. The molecule has 0 radical (unpaired) electrons. The van der Waals surface area contributed by atoms with Crippen LogP contribution in [0.5, 0.6) is 5.75 Å². The molecular weight excluding hydrogens is 415 g/mol. The van der Waals surface area contributed by atoms with Crippen molar-refractivity contribution in [2.45, 2.75) is 76.5 Å². The summed E-state index contributed by atoms with van der Waals surface area (Å²) in [6, 6.07) is 4.80. The summed E-state index contributed by atoms with van der Waals surface area (Å²) in [5.74, 6) is -0.201.